The number of β-amino-alcohol motifs (C(OH)–C–C–N with tert-alkyl or cyclic N) is 1. The lowest BCUT2D eigenvalue weighted by Gasteiger charge is -2.10. The molecule has 0 aliphatic carbocycles. The lowest BCUT2D eigenvalue weighted by atomic mass is 10.2. The Hall–Kier alpha value is -1.40. The molecule has 1 aromatic rings. The van der Waals surface area contributed by atoms with Crippen LogP contribution in [0.5, 0.6) is 0 Å². The van der Waals surface area contributed by atoms with Gasteiger partial charge in [-0.2, -0.15) is 5.10 Å². The number of aliphatic hydroxyl groups is 1. The summed E-state index contributed by atoms with van der Waals surface area (Å²) in [4.78, 5) is 11.7. The van der Waals surface area contributed by atoms with Gasteiger partial charge in [-0.15, -0.1) is 0 Å². The summed E-state index contributed by atoms with van der Waals surface area (Å²) >= 11 is 0. The lowest BCUT2D eigenvalue weighted by molar-refractivity contribution is -0.122. The van der Waals surface area contributed by atoms with Crippen LogP contribution in [0.1, 0.15) is 12.0 Å². The number of carbonyl (C=O) groups is 1. The van der Waals surface area contributed by atoms with E-state index >= 15 is 0 Å². The molecule has 6 heteroatoms. The van der Waals surface area contributed by atoms with E-state index in [0.717, 1.165) is 12.0 Å². The minimum absolute atomic E-state index is 0.0366. The molecule has 0 radical (unpaired) electrons. The Morgan fingerprint density at radius 2 is 2.59 bits per heavy atom. The maximum atomic E-state index is 11.7. The van der Waals surface area contributed by atoms with Crippen molar-refractivity contribution in [1.29, 1.82) is 0 Å². The Morgan fingerprint density at radius 3 is 3.18 bits per heavy atom. The van der Waals surface area contributed by atoms with Crippen LogP contribution < -0.4 is 10.6 Å². The van der Waals surface area contributed by atoms with E-state index < -0.39 is 6.10 Å². The third-order valence-electron chi connectivity index (χ3n) is 2.90. The van der Waals surface area contributed by atoms with E-state index in [4.69, 9.17) is 0 Å². The zero-order chi connectivity index (χ0) is 12.3. The van der Waals surface area contributed by atoms with E-state index in [1.54, 1.807) is 10.9 Å². The van der Waals surface area contributed by atoms with Gasteiger partial charge in [0.25, 0.3) is 0 Å². The quantitative estimate of drug-likeness (QED) is 0.616. The van der Waals surface area contributed by atoms with Crippen LogP contribution >= 0.6 is 0 Å². The van der Waals surface area contributed by atoms with E-state index in [1.165, 1.54) is 0 Å². The summed E-state index contributed by atoms with van der Waals surface area (Å²) in [7, 11) is 1.87. The van der Waals surface area contributed by atoms with Crippen LogP contribution in [0.3, 0.4) is 0 Å². The average molecular weight is 238 g/mol. The van der Waals surface area contributed by atoms with Gasteiger partial charge >= 0.3 is 0 Å². The van der Waals surface area contributed by atoms with Crippen LogP contribution in [0.15, 0.2) is 12.4 Å². The third kappa shape index (κ3) is 3.28. The molecule has 1 aliphatic rings. The zero-order valence-electron chi connectivity index (χ0n) is 9.89. The molecule has 6 nitrogen and oxygen atoms in total. The van der Waals surface area contributed by atoms with Crippen molar-refractivity contribution < 1.29 is 9.90 Å². The van der Waals surface area contributed by atoms with E-state index in [9.17, 15) is 9.90 Å². The van der Waals surface area contributed by atoms with Crippen molar-refractivity contribution in [3.05, 3.63) is 18.0 Å². The molecule has 0 bridgehead atoms. The van der Waals surface area contributed by atoms with Gasteiger partial charge in [0.1, 0.15) is 0 Å². The van der Waals surface area contributed by atoms with Crippen molar-refractivity contribution in [3.8, 4) is 0 Å². The first-order valence-electron chi connectivity index (χ1n) is 5.82. The maximum Gasteiger partial charge on any atom is 0.237 e. The Bertz CT molecular complexity index is 391. The summed E-state index contributed by atoms with van der Waals surface area (Å²) in [6.07, 6.45) is 4.60. The molecular formula is C11H18N4O2. The summed E-state index contributed by atoms with van der Waals surface area (Å²) in [5.41, 5.74) is 1.10. The number of nitrogens with one attached hydrogen (secondary N) is 2. The minimum atomic E-state index is -0.399. The van der Waals surface area contributed by atoms with E-state index in [2.05, 4.69) is 15.7 Å². The monoisotopic (exact) mass is 238 g/mol. The van der Waals surface area contributed by atoms with Crippen LogP contribution in [0.25, 0.3) is 0 Å². The molecule has 1 amide bonds. The first-order chi connectivity index (χ1) is 8.15. The van der Waals surface area contributed by atoms with Crippen LogP contribution in [-0.4, -0.2) is 46.0 Å². The zero-order valence-corrected chi connectivity index (χ0v) is 9.89. The predicted octanol–water partition coefficient (Wildman–Crippen LogP) is -1.20. The summed E-state index contributed by atoms with van der Waals surface area (Å²) in [6, 6.07) is -0.251. The summed E-state index contributed by atoms with van der Waals surface area (Å²) in [6.45, 7) is 1.10. The smallest absolute Gasteiger partial charge is 0.237 e. The maximum absolute atomic E-state index is 11.7. The van der Waals surface area contributed by atoms with Gasteiger partial charge in [-0.1, -0.05) is 0 Å². The Morgan fingerprint density at radius 1 is 1.76 bits per heavy atom. The molecule has 1 aliphatic heterocycles. The number of hydrogen-bond donors (Lipinski definition) is 3. The first kappa shape index (κ1) is 12.1. The lowest BCUT2D eigenvalue weighted by Crippen LogP contribution is -2.41. The topological polar surface area (TPSA) is 79.2 Å². The van der Waals surface area contributed by atoms with Gasteiger partial charge in [-0.3, -0.25) is 9.48 Å². The third-order valence-corrected chi connectivity index (χ3v) is 2.90. The number of aromatic nitrogens is 2. The fourth-order valence-corrected chi connectivity index (χ4v) is 1.97. The van der Waals surface area contributed by atoms with Gasteiger partial charge in [-0.05, 0) is 18.4 Å². The van der Waals surface area contributed by atoms with Crippen LogP contribution in [0, 0.1) is 0 Å². The molecule has 94 valence electrons. The largest absolute Gasteiger partial charge is 0.392 e. The second-order valence-electron chi connectivity index (χ2n) is 4.41. The van der Waals surface area contributed by atoms with Gasteiger partial charge in [0.05, 0.1) is 18.3 Å². The average Bonchev–Trinajstić information content (AvgIpc) is 2.88. The standard InChI is InChI=1S/C11H18N4O2/c1-15-7-8(5-14-15)2-3-12-11(17)10-4-9(16)6-13-10/h5,7,9-10,13,16H,2-4,6H2,1H3,(H,12,17). The highest BCUT2D eigenvalue weighted by atomic mass is 16.3. The van der Waals surface area contributed by atoms with Gasteiger partial charge in [0.2, 0.25) is 5.91 Å². The highest BCUT2D eigenvalue weighted by molar-refractivity contribution is 5.82. The molecule has 2 unspecified atom stereocenters. The van der Waals surface area contributed by atoms with Crippen molar-refractivity contribution >= 4 is 5.91 Å². The van der Waals surface area contributed by atoms with Crippen LogP contribution in [-0.2, 0) is 18.3 Å². The normalized spacial score (nSPS) is 23.9. The van der Waals surface area contributed by atoms with Gasteiger partial charge in [0, 0.05) is 26.3 Å². The van der Waals surface area contributed by atoms with Crippen LogP contribution in [0.2, 0.25) is 0 Å². The van der Waals surface area contributed by atoms with Gasteiger partial charge in [0.15, 0.2) is 0 Å². The Balaban J connectivity index is 1.70. The van der Waals surface area contributed by atoms with E-state index in [1.807, 2.05) is 13.2 Å². The molecule has 1 fully saturated rings. The molecule has 3 N–H and O–H groups in total. The molecule has 2 atom stereocenters. The SMILES string of the molecule is Cn1cc(CCNC(=O)C2CC(O)CN2)cn1. The Labute approximate surface area is 100 Å². The van der Waals surface area contributed by atoms with E-state index in [0.29, 0.717) is 19.5 Å². The number of nitrogens with zero attached hydrogens (tertiary/aromatic N) is 2. The second-order valence-corrected chi connectivity index (χ2v) is 4.41. The van der Waals surface area contributed by atoms with Crippen molar-refractivity contribution in [3.63, 3.8) is 0 Å². The fourth-order valence-electron chi connectivity index (χ4n) is 1.97. The molecule has 0 aromatic carbocycles. The summed E-state index contributed by atoms with van der Waals surface area (Å²) < 4.78 is 1.74. The van der Waals surface area contributed by atoms with Crippen molar-refractivity contribution in [2.75, 3.05) is 13.1 Å². The molecular weight excluding hydrogens is 220 g/mol. The first-order valence-corrected chi connectivity index (χ1v) is 5.82. The van der Waals surface area contributed by atoms with E-state index in [-0.39, 0.29) is 11.9 Å². The number of carbonyl (C=O) groups excluding carboxylic acids is 1. The number of hydrogen-bond acceptors (Lipinski definition) is 4. The number of aliphatic hydroxyl groups excluding tert-OH is 1. The highest BCUT2D eigenvalue weighted by Gasteiger charge is 2.27. The van der Waals surface area contributed by atoms with Crippen molar-refractivity contribution in [2.24, 2.45) is 7.05 Å². The second kappa shape index (κ2) is 5.29. The number of amides is 1. The fraction of sp³-hybridized carbons (Fsp3) is 0.636. The summed E-state index contributed by atoms with van der Waals surface area (Å²) in [5, 5.41) is 19.2. The molecule has 2 heterocycles. The number of rotatable bonds is 4. The predicted molar refractivity (Wildman–Crippen MR) is 62.3 cm³/mol. The molecule has 1 saturated heterocycles. The highest BCUT2D eigenvalue weighted by Crippen LogP contribution is 2.06. The van der Waals surface area contributed by atoms with Crippen molar-refractivity contribution in [2.45, 2.75) is 25.0 Å². The molecule has 1 aromatic heterocycles. The van der Waals surface area contributed by atoms with Gasteiger partial charge < -0.3 is 15.7 Å². The number of aryl methyl sites for hydroxylation is 1. The molecule has 0 spiro atoms. The summed E-state index contributed by atoms with van der Waals surface area (Å²) in [5.74, 6) is -0.0366. The van der Waals surface area contributed by atoms with Gasteiger partial charge in [-0.25, -0.2) is 0 Å². The van der Waals surface area contributed by atoms with Crippen LogP contribution in [0.4, 0.5) is 0 Å². The molecule has 0 saturated carbocycles. The molecule has 17 heavy (non-hydrogen) atoms. The van der Waals surface area contributed by atoms with Crippen molar-refractivity contribution in [1.82, 2.24) is 20.4 Å². The minimum Gasteiger partial charge on any atom is -0.392 e. The molecule has 2 rings (SSSR count). The Kier molecular flexibility index (Phi) is 3.75.